The van der Waals surface area contributed by atoms with Gasteiger partial charge >= 0.3 is 0 Å². The van der Waals surface area contributed by atoms with Crippen molar-refractivity contribution in [2.45, 2.75) is 38.6 Å². The first-order valence-corrected chi connectivity index (χ1v) is 10.1. The molecule has 1 aromatic carbocycles. The molecule has 1 aliphatic rings. The largest absolute Gasteiger partial charge is 0.440 e. The molecule has 29 heavy (non-hydrogen) atoms. The molecule has 7 nitrogen and oxygen atoms in total. The van der Waals surface area contributed by atoms with E-state index in [2.05, 4.69) is 28.9 Å². The Kier molecular flexibility index (Phi) is 4.30. The normalized spacial score (nSPS) is 15.6. The number of piperidine rings is 1. The Morgan fingerprint density at radius 1 is 1.17 bits per heavy atom. The third kappa shape index (κ3) is 3.16. The van der Waals surface area contributed by atoms with Gasteiger partial charge in [0.2, 0.25) is 0 Å². The van der Waals surface area contributed by atoms with E-state index in [1.807, 2.05) is 39.9 Å². The van der Waals surface area contributed by atoms with Gasteiger partial charge in [-0.2, -0.15) is 5.10 Å². The average Bonchev–Trinajstić information content (AvgIpc) is 3.37. The highest BCUT2D eigenvalue weighted by Crippen LogP contribution is 2.30. The van der Waals surface area contributed by atoms with Gasteiger partial charge in [-0.3, -0.25) is 4.79 Å². The number of hydrogen-bond acceptors (Lipinski definition) is 5. The third-order valence-electron chi connectivity index (χ3n) is 5.61. The SMILES string of the molecule is CC(C)n1ncc2cc(C(=O)N3CCC(c4nc5ccccc5o4)CC3)cnc21. The van der Waals surface area contributed by atoms with E-state index in [0.29, 0.717) is 18.7 Å². The summed E-state index contributed by atoms with van der Waals surface area (Å²) in [6.45, 7) is 5.50. The molecule has 0 unspecified atom stereocenters. The second kappa shape index (κ2) is 6.99. The number of fused-ring (bicyclic) bond motifs is 2. The number of aromatic nitrogens is 4. The van der Waals surface area contributed by atoms with Gasteiger partial charge < -0.3 is 9.32 Å². The Hall–Kier alpha value is -3.22. The van der Waals surface area contributed by atoms with Crippen LogP contribution in [0.25, 0.3) is 22.1 Å². The molecule has 1 amide bonds. The summed E-state index contributed by atoms with van der Waals surface area (Å²) in [6, 6.07) is 9.94. The molecule has 7 heteroatoms. The molecule has 4 aromatic rings. The number of amides is 1. The van der Waals surface area contributed by atoms with Crippen molar-refractivity contribution in [3.8, 4) is 0 Å². The summed E-state index contributed by atoms with van der Waals surface area (Å²) in [5, 5.41) is 5.28. The van der Waals surface area contributed by atoms with Crippen molar-refractivity contribution < 1.29 is 9.21 Å². The Morgan fingerprint density at radius 2 is 1.97 bits per heavy atom. The number of carbonyl (C=O) groups excluding carboxylic acids is 1. The fourth-order valence-electron chi connectivity index (χ4n) is 4.01. The van der Waals surface area contributed by atoms with Crippen molar-refractivity contribution in [3.63, 3.8) is 0 Å². The van der Waals surface area contributed by atoms with Gasteiger partial charge in [0.1, 0.15) is 5.52 Å². The van der Waals surface area contributed by atoms with Crippen LogP contribution in [0.5, 0.6) is 0 Å². The summed E-state index contributed by atoms with van der Waals surface area (Å²) in [7, 11) is 0. The smallest absolute Gasteiger partial charge is 0.255 e. The zero-order valence-corrected chi connectivity index (χ0v) is 16.6. The van der Waals surface area contributed by atoms with E-state index in [1.165, 1.54) is 0 Å². The van der Waals surface area contributed by atoms with Crippen LogP contribution in [0.15, 0.2) is 47.1 Å². The summed E-state index contributed by atoms with van der Waals surface area (Å²) >= 11 is 0. The lowest BCUT2D eigenvalue weighted by atomic mass is 9.96. The van der Waals surface area contributed by atoms with Crippen LogP contribution in [-0.2, 0) is 0 Å². The Labute approximate surface area is 168 Å². The first-order valence-electron chi connectivity index (χ1n) is 10.1. The number of nitrogens with zero attached hydrogens (tertiary/aromatic N) is 5. The third-order valence-corrected chi connectivity index (χ3v) is 5.61. The molecule has 5 rings (SSSR count). The van der Waals surface area contributed by atoms with E-state index < -0.39 is 0 Å². The van der Waals surface area contributed by atoms with Gasteiger partial charge in [-0.1, -0.05) is 12.1 Å². The van der Waals surface area contributed by atoms with Crippen LogP contribution < -0.4 is 0 Å². The van der Waals surface area contributed by atoms with Crippen LogP contribution in [0, 0.1) is 0 Å². The number of oxazole rings is 1. The zero-order valence-electron chi connectivity index (χ0n) is 16.6. The summed E-state index contributed by atoms with van der Waals surface area (Å²) in [5.41, 5.74) is 3.14. The van der Waals surface area contributed by atoms with E-state index in [-0.39, 0.29) is 17.9 Å². The lowest BCUT2D eigenvalue weighted by Gasteiger charge is -2.30. The number of carbonyl (C=O) groups is 1. The molecule has 0 aliphatic carbocycles. The molecule has 0 atom stereocenters. The van der Waals surface area contributed by atoms with E-state index >= 15 is 0 Å². The van der Waals surface area contributed by atoms with Crippen molar-refractivity contribution >= 4 is 28.0 Å². The van der Waals surface area contributed by atoms with Crippen molar-refractivity contribution in [3.05, 3.63) is 54.2 Å². The van der Waals surface area contributed by atoms with Crippen molar-refractivity contribution in [1.29, 1.82) is 0 Å². The monoisotopic (exact) mass is 389 g/mol. The first kappa shape index (κ1) is 17.8. The molecule has 4 heterocycles. The van der Waals surface area contributed by atoms with Gasteiger partial charge in [-0.05, 0) is 44.9 Å². The topological polar surface area (TPSA) is 77.0 Å². The number of pyridine rings is 1. The predicted molar refractivity (Wildman–Crippen MR) is 110 cm³/mol. The standard InChI is InChI=1S/C22H23N5O2/c1-14(2)27-20-16(13-24-27)11-17(12-23-20)22(28)26-9-7-15(8-10-26)21-25-18-5-3-4-6-19(18)29-21/h3-6,11-15H,7-10H2,1-2H3. The number of rotatable bonds is 3. The van der Waals surface area contributed by atoms with E-state index in [1.54, 1.807) is 12.4 Å². The second-order valence-electron chi connectivity index (χ2n) is 7.91. The van der Waals surface area contributed by atoms with Crippen LogP contribution in [-0.4, -0.2) is 43.6 Å². The Balaban J connectivity index is 1.30. The average molecular weight is 389 g/mol. The van der Waals surface area contributed by atoms with Crippen LogP contribution in [0.3, 0.4) is 0 Å². The molecular formula is C22H23N5O2. The van der Waals surface area contributed by atoms with Crippen LogP contribution in [0.2, 0.25) is 0 Å². The van der Waals surface area contributed by atoms with Crippen LogP contribution in [0.1, 0.15) is 54.9 Å². The quantitative estimate of drug-likeness (QED) is 0.525. The van der Waals surface area contributed by atoms with Gasteiger partial charge in [-0.25, -0.2) is 14.6 Å². The van der Waals surface area contributed by atoms with E-state index in [0.717, 1.165) is 40.9 Å². The number of para-hydroxylation sites is 2. The summed E-state index contributed by atoms with van der Waals surface area (Å²) < 4.78 is 7.79. The Bertz CT molecular complexity index is 1150. The van der Waals surface area contributed by atoms with Gasteiger partial charge in [0.25, 0.3) is 5.91 Å². The van der Waals surface area contributed by atoms with Crippen LogP contribution >= 0.6 is 0 Å². The van der Waals surface area contributed by atoms with Gasteiger partial charge in [-0.15, -0.1) is 0 Å². The van der Waals surface area contributed by atoms with E-state index in [9.17, 15) is 4.79 Å². The lowest BCUT2D eigenvalue weighted by molar-refractivity contribution is 0.0706. The zero-order chi connectivity index (χ0) is 20.0. The molecule has 0 bridgehead atoms. The summed E-state index contributed by atoms with van der Waals surface area (Å²) in [6.07, 6.45) is 5.13. The molecule has 0 radical (unpaired) electrons. The number of hydrogen-bond donors (Lipinski definition) is 0. The van der Waals surface area contributed by atoms with Gasteiger partial charge in [0, 0.05) is 36.6 Å². The molecule has 0 spiro atoms. The maximum atomic E-state index is 13.0. The molecule has 148 valence electrons. The number of benzene rings is 1. The first-order chi connectivity index (χ1) is 14.1. The highest BCUT2D eigenvalue weighted by atomic mass is 16.3. The highest BCUT2D eigenvalue weighted by molar-refractivity contribution is 5.96. The van der Waals surface area contributed by atoms with Crippen LogP contribution in [0.4, 0.5) is 0 Å². The molecule has 0 N–H and O–H groups in total. The lowest BCUT2D eigenvalue weighted by Crippen LogP contribution is -2.38. The minimum absolute atomic E-state index is 0.0210. The molecular weight excluding hydrogens is 366 g/mol. The van der Waals surface area contributed by atoms with Crippen molar-refractivity contribution in [2.75, 3.05) is 13.1 Å². The summed E-state index contributed by atoms with van der Waals surface area (Å²) in [4.78, 5) is 24.0. The molecule has 1 fully saturated rings. The summed E-state index contributed by atoms with van der Waals surface area (Å²) in [5.74, 6) is 1.05. The van der Waals surface area contributed by atoms with Crippen molar-refractivity contribution in [2.24, 2.45) is 0 Å². The molecule has 1 aliphatic heterocycles. The minimum atomic E-state index is 0.0210. The predicted octanol–water partition coefficient (Wildman–Crippen LogP) is 4.17. The van der Waals surface area contributed by atoms with Gasteiger partial charge in [0.15, 0.2) is 17.1 Å². The maximum Gasteiger partial charge on any atom is 0.255 e. The number of likely N-dealkylation sites (tertiary alicyclic amines) is 1. The fraction of sp³-hybridized carbons (Fsp3) is 0.364. The maximum absolute atomic E-state index is 13.0. The molecule has 1 saturated heterocycles. The van der Waals surface area contributed by atoms with E-state index in [4.69, 9.17) is 4.42 Å². The van der Waals surface area contributed by atoms with Gasteiger partial charge in [0.05, 0.1) is 11.8 Å². The Morgan fingerprint density at radius 3 is 2.72 bits per heavy atom. The molecule has 0 saturated carbocycles. The van der Waals surface area contributed by atoms with Crippen molar-refractivity contribution in [1.82, 2.24) is 24.6 Å². The molecule has 3 aromatic heterocycles. The fourth-order valence-corrected chi connectivity index (χ4v) is 4.01. The highest BCUT2D eigenvalue weighted by Gasteiger charge is 2.28. The minimum Gasteiger partial charge on any atom is -0.440 e. The second-order valence-corrected chi connectivity index (χ2v) is 7.91.